The summed E-state index contributed by atoms with van der Waals surface area (Å²) < 4.78 is 10.3. The van der Waals surface area contributed by atoms with Gasteiger partial charge in [-0.3, -0.25) is 0 Å². The first-order valence-electron chi connectivity index (χ1n) is 5.46. The van der Waals surface area contributed by atoms with E-state index in [0.717, 1.165) is 18.7 Å². The first kappa shape index (κ1) is 13.0. The standard InChI is InChI=1S/C11H20N2O3.H2/c1-4-8(2)7-16-11(14)13-9-5-12-6-10(9)15-3;/h4,9-10,12H,5-7H2,1-3H3,(H,13,14);1H/b8-4+;. The lowest BCUT2D eigenvalue weighted by Crippen LogP contribution is -2.43. The van der Waals surface area contributed by atoms with Gasteiger partial charge in [-0.25, -0.2) is 4.79 Å². The molecule has 1 rings (SSSR count). The van der Waals surface area contributed by atoms with E-state index in [2.05, 4.69) is 10.6 Å². The molecule has 1 aliphatic rings. The summed E-state index contributed by atoms with van der Waals surface area (Å²) in [6, 6.07) is -0.0107. The Kier molecular flexibility index (Phi) is 5.28. The van der Waals surface area contributed by atoms with Gasteiger partial charge in [-0.2, -0.15) is 0 Å². The Morgan fingerprint density at radius 1 is 1.62 bits per heavy atom. The summed E-state index contributed by atoms with van der Waals surface area (Å²) in [5.74, 6) is 0. The van der Waals surface area contributed by atoms with Crippen LogP contribution in [-0.4, -0.2) is 45.0 Å². The highest BCUT2D eigenvalue weighted by Gasteiger charge is 2.28. The maximum absolute atomic E-state index is 11.4. The van der Waals surface area contributed by atoms with Gasteiger partial charge in [-0.15, -0.1) is 0 Å². The van der Waals surface area contributed by atoms with Crippen LogP contribution in [0.25, 0.3) is 0 Å². The minimum absolute atomic E-state index is 0. The summed E-state index contributed by atoms with van der Waals surface area (Å²) in [4.78, 5) is 11.4. The van der Waals surface area contributed by atoms with Gasteiger partial charge >= 0.3 is 6.09 Å². The first-order valence-corrected chi connectivity index (χ1v) is 5.46. The molecule has 1 saturated heterocycles. The molecule has 5 nitrogen and oxygen atoms in total. The van der Waals surface area contributed by atoms with Gasteiger partial charge in [0.05, 0.1) is 12.1 Å². The topological polar surface area (TPSA) is 59.6 Å². The minimum atomic E-state index is -0.392. The Morgan fingerprint density at radius 2 is 2.38 bits per heavy atom. The number of hydrogen-bond donors (Lipinski definition) is 2. The molecule has 0 aromatic rings. The average molecular weight is 230 g/mol. The van der Waals surface area contributed by atoms with E-state index in [-0.39, 0.29) is 13.6 Å². The van der Waals surface area contributed by atoms with Crippen LogP contribution in [0.4, 0.5) is 4.79 Å². The van der Waals surface area contributed by atoms with Gasteiger partial charge < -0.3 is 20.1 Å². The van der Waals surface area contributed by atoms with E-state index in [1.165, 1.54) is 0 Å². The van der Waals surface area contributed by atoms with Crippen molar-refractivity contribution in [2.75, 3.05) is 26.8 Å². The summed E-state index contributed by atoms with van der Waals surface area (Å²) in [6.07, 6.45) is 1.55. The molecule has 2 unspecified atom stereocenters. The molecule has 1 heterocycles. The van der Waals surface area contributed by atoms with Crippen molar-refractivity contribution in [3.8, 4) is 0 Å². The Balaban J connectivity index is 0.00000256. The highest BCUT2D eigenvalue weighted by molar-refractivity contribution is 5.68. The normalized spacial score (nSPS) is 25.6. The van der Waals surface area contributed by atoms with E-state index >= 15 is 0 Å². The zero-order valence-corrected chi connectivity index (χ0v) is 10.1. The number of nitrogens with one attached hydrogen (secondary N) is 2. The number of carbonyl (C=O) groups is 1. The number of carbonyl (C=O) groups excluding carboxylic acids is 1. The summed E-state index contributed by atoms with van der Waals surface area (Å²) in [5, 5.41) is 5.93. The molecular weight excluding hydrogens is 208 g/mol. The fourth-order valence-electron chi connectivity index (χ4n) is 1.50. The number of rotatable bonds is 4. The van der Waals surface area contributed by atoms with Crippen molar-refractivity contribution in [2.24, 2.45) is 0 Å². The molecule has 1 fully saturated rings. The Labute approximate surface area is 97.7 Å². The van der Waals surface area contributed by atoms with Crippen molar-refractivity contribution < 1.29 is 15.7 Å². The van der Waals surface area contributed by atoms with Crippen LogP contribution in [0.3, 0.4) is 0 Å². The molecule has 0 bridgehead atoms. The molecule has 16 heavy (non-hydrogen) atoms. The van der Waals surface area contributed by atoms with E-state index in [1.54, 1.807) is 7.11 Å². The highest BCUT2D eigenvalue weighted by atomic mass is 16.5. The smallest absolute Gasteiger partial charge is 0.407 e. The third kappa shape index (κ3) is 3.83. The van der Waals surface area contributed by atoms with Crippen molar-refractivity contribution in [3.05, 3.63) is 11.6 Å². The predicted molar refractivity (Wildman–Crippen MR) is 63.5 cm³/mol. The van der Waals surface area contributed by atoms with Gasteiger partial charge in [-0.1, -0.05) is 6.08 Å². The molecule has 0 saturated carbocycles. The van der Waals surface area contributed by atoms with Crippen LogP contribution in [0.15, 0.2) is 11.6 Å². The van der Waals surface area contributed by atoms with Gasteiger partial charge in [0.15, 0.2) is 0 Å². The van der Waals surface area contributed by atoms with Crippen LogP contribution in [0.1, 0.15) is 15.3 Å². The van der Waals surface area contributed by atoms with Crippen LogP contribution in [0, 0.1) is 0 Å². The van der Waals surface area contributed by atoms with Crippen LogP contribution < -0.4 is 10.6 Å². The number of allylic oxidation sites excluding steroid dienone is 1. The van der Waals surface area contributed by atoms with Gasteiger partial charge in [0.25, 0.3) is 0 Å². The molecule has 0 aromatic heterocycles. The second kappa shape index (κ2) is 6.50. The maximum atomic E-state index is 11.4. The zero-order valence-electron chi connectivity index (χ0n) is 10.1. The number of amides is 1. The second-order valence-electron chi connectivity index (χ2n) is 3.89. The van der Waals surface area contributed by atoms with Crippen molar-refractivity contribution in [1.29, 1.82) is 0 Å². The third-order valence-corrected chi connectivity index (χ3v) is 2.69. The lowest BCUT2D eigenvalue weighted by atomic mass is 10.2. The quantitative estimate of drug-likeness (QED) is 0.705. The number of ether oxygens (including phenoxy) is 2. The molecule has 0 radical (unpaired) electrons. The average Bonchev–Trinajstić information content (AvgIpc) is 2.73. The van der Waals surface area contributed by atoms with Crippen molar-refractivity contribution in [3.63, 3.8) is 0 Å². The summed E-state index contributed by atoms with van der Waals surface area (Å²) >= 11 is 0. The van der Waals surface area contributed by atoms with E-state index in [0.29, 0.717) is 6.61 Å². The fraction of sp³-hybridized carbons (Fsp3) is 0.727. The largest absolute Gasteiger partial charge is 0.445 e. The molecule has 1 amide bonds. The SMILES string of the molecule is C/C=C(\C)COC(=O)NC1CNCC1OC.[HH]. The van der Waals surface area contributed by atoms with Crippen LogP contribution >= 0.6 is 0 Å². The van der Waals surface area contributed by atoms with E-state index in [1.807, 2.05) is 19.9 Å². The Hall–Kier alpha value is -1.07. The highest BCUT2D eigenvalue weighted by Crippen LogP contribution is 2.04. The summed E-state index contributed by atoms with van der Waals surface area (Å²) in [5.41, 5.74) is 1.03. The van der Waals surface area contributed by atoms with E-state index in [9.17, 15) is 4.79 Å². The molecule has 0 aliphatic carbocycles. The van der Waals surface area contributed by atoms with E-state index < -0.39 is 6.09 Å². The summed E-state index contributed by atoms with van der Waals surface area (Å²) in [7, 11) is 1.64. The molecule has 5 heteroatoms. The predicted octanol–water partition coefficient (Wildman–Crippen LogP) is 0.912. The van der Waals surface area contributed by atoms with Crippen molar-refractivity contribution in [1.82, 2.24) is 10.6 Å². The third-order valence-electron chi connectivity index (χ3n) is 2.69. The number of alkyl carbamates (subject to hydrolysis) is 1. The molecule has 2 atom stereocenters. The monoisotopic (exact) mass is 230 g/mol. The van der Waals surface area contributed by atoms with Crippen LogP contribution in [0.5, 0.6) is 0 Å². The Bertz CT molecular complexity index is 271. The fourth-order valence-corrected chi connectivity index (χ4v) is 1.50. The zero-order chi connectivity index (χ0) is 12.0. The summed E-state index contributed by atoms with van der Waals surface area (Å²) in [6.45, 7) is 5.65. The molecule has 0 aromatic carbocycles. The van der Waals surface area contributed by atoms with Gasteiger partial charge in [-0.05, 0) is 19.4 Å². The van der Waals surface area contributed by atoms with Crippen molar-refractivity contribution >= 4 is 6.09 Å². The Morgan fingerprint density at radius 3 is 3.00 bits per heavy atom. The number of hydrogen-bond acceptors (Lipinski definition) is 4. The maximum Gasteiger partial charge on any atom is 0.407 e. The molecule has 0 spiro atoms. The lowest BCUT2D eigenvalue weighted by molar-refractivity contribution is 0.0893. The first-order chi connectivity index (χ1) is 7.67. The van der Waals surface area contributed by atoms with Crippen LogP contribution in [-0.2, 0) is 9.47 Å². The lowest BCUT2D eigenvalue weighted by Gasteiger charge is -2.18. The molecule has 94 valence electrons. The van der Waals surface area contributed by atoms with Gasteiger partial charge in [0.1, 0.15) is 6.61 Å². The molecule has 1 aliphatic heterocycles. The van der Waals surface area contributed by atoms with Gasteiger partial charge in [0.2, 0.25) is 0 Å². The van der Waals surface area contributed by atoms with Crippen LogP contribution in [0.2, 0.25) is 0 Å². The number of methoxy groups -OCH3 is 1. The second-order valence-corrected chi connectivity index (χ2v) is 3.89. The molecule has 2 N–H and O–H groups in total. The van der Waals surface area contributed by atoms with E-state index in [4.69, 9.17) is 9.47 Å². The van der Waals surface area contributed by atoms with Crippen molar-refractivity contribution in [2.45, 2.75) is 26.0 Å². The van der Waals surface area contributed by atoms with Gasteiger partial charge in [0, 0.05) is 21.6 Å². The molecular formula is C11H22N2O3. The minimum Gasteiger partial charge on any atom is -0.445 e.